The number of hydrogen-bond acceptors (Lipinski definition) is 3. The van der Waals surface area contributed by atoms with Gasteiger partial charge in [-0.3, -0.25) is 0 Å². The van der Waals surface area contributed by atoms with Crippen LogP contribution >= 0.6 is 11.6 Å². The minimum absolute atomic E-state index is 0.0275. The second-order valence-electron chi connectivity index (χ2n) is 3.68. The Hall–Kier alpha value is -1.82. The second kappa shape index (κ2) is 5.44. The minimum Gasteiger partial charge on any atom is -0.472 e. The van der Waals surface area contributed by atoms with Crippen LogP contribution in [0.25, 0.3) is 0 Å². The molecular weight excluding hydrogens is 281 g/mol. The Balaban J connectivity index is 2.05. The highest BCUT2D eigenvalue weighted by Gasteiger charge is 2.30. The predicted octanol–water partition coefficient (Wildman–Crippen LogP) is 3.73. The normalized spacial score (nSPS) is 11.4. The summed E-state index contributed by atoms with van der Waals surface area (Å²) in [7, 11) is 0. The summed E-state index contributed by atoms with van der Waals surface area (Å²) in [4.78, 5) is 0. The number of hydrogen-bond donors (Lipinski definition) is 0. The van der Waals surface area contributed by atoms with Gasteiger partial charge in [-0.05, 0) is 23.8 Å². The number of nitrogens with zero attached hydrogens (tertiary/aromatic N) is 2. The van der Waals surface area contributed by atoms with Crippen LogP contribution in [-0.2, 0) is 12.8 Å². The molecule has 1 heterocycles. The van der Waals surface area contributed by atoms with Gasteiger partial charge >= 0.3 is 6.18 Å². The Labute approximate surface area is 112 Å². The van der Waals surface area contributed by atoms with Crippen molar-refractivity contribution in [2.75, 3.05) is 0 Å². The van der Waals surface area contributed by atoms with Crippen molar-refractivity contribution in [3.05, 3.63) is 52.7 Å². The summed E-state index contributed by atoms with van der Waals surface area (Å²) in [5.74, 6) is 0.196. The molecule has 1 aromatic carbocycles. The highest BCUT2D eigenvalue weighted by Crippen LogP contribution is 2.29. The Morgan fingerprint density at radius 2 is 1.89 bits per heavy atom. The molecule has 0 aliphatic rings. The van der Waals surface area contributed by atoms with Gasteiger partial charge in [0.2, 0.25) is 5.88 Å². The number of benzene rings is 1. The Kier molecular flexibility index (Phi) is 3.90. The van der Waals surface area contributed by atoms with Gasteiger partial charge in [-0.25, -0.2) is 0 Å². The van der Waals surface area contributed by atoms with E-state index in [4.69, 9.17) is 16.3 Å². The van der Waals surface area contributed by atoms with Gasteiger partial charge < -0.3 is 4.74 Å². The van der Waals surface area contributed by atoms with Crippen LogP contribution in [0.2, 0.25) is 5.15 Å². The van der Waals surface area contributed by atoms with Gasteiger partial charge in [0.05, 0.1) is 5.56 Å². The molecule has 0 saturated heterocycles. The van der Waals surface area contributed by atoms with Crippen LogP contribution in [0.15, 0.2) is 36.4 Å². The minimum atomic E-state index is -4.36. The third kappa shape index (κ3) is 3.82. The molecule has 0 atom stereocenters. The Bertz CT molecular complexity index is 558. The van der Waals surface area contributed by atoms with Gasteiger partial charge in [0.25, 0.3) is 0 Å². The summed E-state index contributed by atoms with van der Waals surface area (Å²) < 4.78 is 42.7. The molecule has 0 N–H and O–H groups in total. The lowest BCUT2D eigenvalue weighted by atomic mass is 10.1. The molecule has 0 saturated carbocycles. The van der Waals surface area contributed by atoms with Crippen molar-refractivity contribution in [2.24, 2.45) is 0 Å². The maximum Gasteiger partial charge on any atom is 0.416 e. The van der Waals surface area contributed by atoms with E-state index in [2.05, 4.69) is 10.2 Å². The highest BCUT2D eigenvalue weighted by atomic mass is 35.5. The quantitative estimate of drug-likeness (QED) is 0.863. The first-order valence-electron chi connectivity index (χ1n) is 5.23. The number of ether oxygens (including phenoxy) is 1. The fourth-order valence-corrected chi connectivity index (χ4v) is 1.48. The van der Waals surface area contributed by atoms with Gasteiger partial charge in [-0.1, -0.05) is 23.7 Å². The standard InChI is InChI=1S/C12H8ClF3N2O/c13-10-4-5-11(18-17-10)19-7-8-2-1-3-9(6-8)12(14,15)16/h1-6H,7H2. The zero-order valence-electron chi connectivity index (χ0n) is 9.49. The lowest BCUT2D eigenvalue weighted by Gasteiger charge is -2.09. The molecule has 0 fully saturated rings. The average molecular weight is 289 g/mol. The molecule has 7 heteroatoms. The molecule has 0 radical (unpaired) electrons. The topological polar surface area (TPSA) is 35.0 Å². The summed E-state index contributed by atoms with van der Waals surface area (Å²) in [6.07, 6.45) is -4.36. The van der Waals surface area contributed by atoms with E-state index in [1.807, 2.05) is 0 Å². The van der Waals surface area contributed by atoms with Crippen molar-refractivity contribution in [3.8, 4) is 5.88 Å². The third-order valence-electron chi connectivity index (χ3n) is 2.25. The Morgan fingerprint density at radius 1 is 1.11 bits per heavy atom. The Morgan fingerprint density at radius 3 is 2.53 bits per heavy atom. The summed E-state index contributed by atoms with van der Waals surface area (Å²) in [6, 6.07) is 7.88. The molecule has 3 nitrogen and oxygen atoms in total. The van der Waals surface area contributed by atoms with Crippen LogP contribution in [0.5, 0.6) is 5.88 Å². The summed E-state index contributed by atoms with van der Waals surface area (Å²) >= 11 is 5.55. The molecule has 1 aromatic heterocycles. The van der Waals surface area contributed by atoms with Crippen LogP contribution in [0.4, 0.5) is 13.2 Å². The van der Waals surface area contributed by atoms with E-state index < -0.39 is 11.7 Å². The van der Waals surface area contributed by atoms with Crippen molar-refractivity contribution in [1.29, 1.82) is 0 Å². The monoisotopic (exact) mass is 288 g/mol. The van der Waals surface area contributed by atoms with Gasteiger partial charge in [0.1, 0.15) is 6.61 Å². The van der Waals surface area contributed by atoms with E-state index in [0.29, 0.717) is 5.56 Å². The molecule has 0 amide bonds. The number of rotatable bonds is 3. The molecule has 2 rings (SSSR count). The average Bonchev–Trinajstić information content (AvgIpc) is 2.37. The first-order valence-corrected chi connectivity index (χ1v) is 5.61. The zero-order valence-corrected chi connectivity index (χ0v) is 10.2. The van der Waals surface area contributed by atoms with Crippen LogP contribution in [0.3, 0.4) is 0 Å². The molecule has 100 valence electrons. The number of aromatic nitrogens is 2. The largest absolute Gasteiger partial charge is 0.472 e. The van der Waals surface area contributed by atoms with Crippen LogP contribution in [0, 0.1) is 0 Å². The fourth-order valence-electron chi connectivity index (χ4n) is 1.38. The van der Waals surface area contributed by atoms with Crippen molar-refractivity contribution in [1.82, 2.24) is 10.2 Å². The first-order chi connectivity index (χ1) is 8.95. The third-order valence-corrected chi connectivity index (χ3v) is 2.45. The summed E-state index contributed by atoms with van der Waals surface area (Å²) in [5, 5.41) is 7.41. The smallest absolute Gasteiger partial charge is 0.416 e. The highest BCUT2D eigenvalue weighted by molar-refractivity contribution is 6.29. The summed E-state index contributed by atoms with van der Waals surface area (Å²) in [6.45, 7) is -0.0275. The molecule has 19 heavy (non-hydrogen) atoms. The maximum atomic E-state index is 12.5. The molecule has 0 unspecified atom stereocenters. The maximum absolute atomic E-state index is 12.5. The van der Waals surface area contributed by atoms with E-state index >= 15 is 0 Å². The molecule has 2 aromatic rings. The van der Waals surface area contributed by atoms with Crippen molar-refractivity contribution in [3.63, 3.8) is 0 Å². The van der Waals surface area contributed by atoms with E-state index in [9.17, 15) is 13.2 Å². The molecule has 0 bridgehead atoms. The van der Waals surface area contributed by atoms with Crippen LogP contribution < -0.4 is 4.74 Å². The van der Waals surface area contributed by atoms with Crippen LogP contribution in [-0.4, -0.2) is 10.2 Å². The number of halogens is 4. The van der Waals surface area contributed by atoms with E-state index in [1.165, 1.54) is 18.2 Å². The van der Waals surface area contributed by atoms with Gasteiger partial charge in [0, 0.05) is 6.07 Å². The first kappa shape index (κ1) is 13.6. The molecule has 0 aliphatic carbocycles. The van der Waals surface area contributed by atoms with E-state index in [1.54, 1.807) is 6.07 Å². The molecule has 0 spiro atoms. The van der Waals surface area contributed by atoms with Crippen molar-refractivity contribution < 1.29 is 17.9 Å². The van der Waals surface area contributed by atoms with Crippen molar-refractivity contribution >= 4 is 11.6 Å². The van der Waals surface area contributed by atoms with Crippen LogP contribution in [0.1, 0.15) is 11.1 Å². The van der Waals surface area contributed by atoms with E-state index in [-0.39, 0.29) is 17.6 Å². The zero-order chi connectivity index (χ0) is 13.9. The van der Waals surface area contributed by atoms with Crippen molar-refractivity contribution in [2.45, 2.75) is 12.8 Å². The SMILES string of the molecule is FC(F)(F)c1cccc(COc2ccc(Cl)nn2)c1. The predicted molar refractivity (Wildman–Crippen MR) is 62.8 cm³/mol. The molecule has 0 aliphatic heterocycles. The molecular formula is C12H8ClF3N2O. The van der Waals surface area contributed by atoms with Gasteiger partial charge in [-0.15, -0.1) is 10.2 Å². The van der Waals surface area contributed by atoms with E-state index in [0.717, 1.165) is 12.1 Å². The van der Waals surface area contributed by atoms with Gasteiger partial charge in [0.15, 0.2) is 5.15 Å². The summed E-state index contributed by atoms with van der Waals surface area (Å²) in [5.41, 5.74) is -0.317. The van der Waals surface area contributed by atoms with Gasteiger partial charge in [-0.2, -0.15) is 13.2 Å². The second-order valence-corrected chi connectivity index (χ2v) is 4.07. The lowest BCUT2D eigenvalue weighted by molar-refractivity contribution is -0.137. The number of alkyl halides is 3. The lowest BCUT2D eigenvalue weighted by Crippen LogP contribution is -2.06. The fraction of sp³-hybridized carbons (Fsp3) is 0.167.